The highest BCUT2D eigenvalue weighted by Crippen LogP contribution is 2.39. The summed E-state index contributed by atoms with van der Waals surface area (Å²) in [6, 6.07) is 4.66. The molecule has 16 heavy (non-hydrogen) atoms. The van der Waals surface area contributed by atoms with Crippen molar-refractivity contribution in [2.24, 2.45) is 0 Å². The van der Waals surface area contributed by atoms with Crippen LogP contribution < -0.4 is 4.43 Å². The average Bonchev–Trinajstić information content (AvgIpc) is 2.11. The number of rotatable bonds is 2. The van der Waals surface area contributed by atoms with Crippen LogP contribution >= 0.6 is 11.6 Å². The Morgan fingerprint density at radius 3 is 2.31 bits per heavy atom. The van der Waals surface area contributed by atoms with Gasteiger partial charge in [-0.2, -0.15) is 0 Å². The third kappa shape index (κ3) is 2.77. The number of halogens is 2. The lowest BCUT2D eigenvalue weighted by molar-refractivity contribution is 0.487. The van der Waals surface area contributed by atoms with Crippen LogP contribution in [0.1, 0.15) is 20.8 Å². The standard InChI is InChI=1S/C12H18ClFOSi/c1-12(2,3)16(4,5)15-10-8-6-7-9(14)11(10)13/h6-8H,1-5H3. The highest BCUT2D eigenvalue weighted by Gasteiger charge is 2.39. The Morgan fingerprint density at radius 2 is 1.81 bits per heavy atom. The van der Waals surface area contributed by atoms with E-state index in [9.17, 15) is 4.39 Å². The molecule has 0 aromatic heterocycles. The van der Waals surface area contributed by atoms with Crippen molar-refractivity contribution in [1.82, 2.24) is 0 Å². The predicted octanol–water partition coefficient (Wildman–Crippen LogP) is 4.86. The molecule has 0 N–H and O–H groups in total. The molecule has 0 unspecified atom stereocenters. The minimum atomic E-state index is -1.95. The van der Waals surface area contributed by atoms with Gasteiger partial charge in [-0.05, 0) is 30.3 Å². The first-order valence-corrected chi connectivity index (χ1v) is 8.57. The summed E-state index contributed by atoms with van der Waals surface area (Å²) < 4.78 is 19.2. The molecule has 0 aliphatic carbocycles. The summed E-state index contributed by atoms with van der Waals surface area (Å²) in [4.78, 5) is 0. The Labute approximate surface area is 103 Å². The summed E-state index contributed by atoms with van der Waals surface area (Å²) in [6.07, 6.45) is 0. The lowest BCUT2D eigenvalue weighted by atomic mass is 10.2. The Balaban J connectivity index is 3.02. The number of hydrogen-bond acceptors (Lipinski definition) is 1. The first-order chi connectivity index (χ1) is 7.15. The molecule has 0 spiro atoms. The van der Waals surface area contributed by atoms with Crippen LogP contribution in [-0.2, 0) is 0 Å². The van der Waals surface area contributed by atoms with E-state index in [0.29, 0.717) is 5.75 Å². The summed E-state index contributed by atoms with van der Waals surface area (Å²) in [5.41, 5.74) is 0. The van der Waals surface area contributed by atoms with Crippen LogP contribution in [0.5, 0.6) is 5.75 Å². The van der Waals surface area contributed by atoms with Crippen LogP contribution in [0.4, 0.5) is 4.39 Å². The van der Waals surface area contributed by atoms with Gasteiger partial charge in [0.25, 0.3) is 8.32 Å². The second kappa shape index (κ2) is 4.38. The molecule has 0 fully saturated rings. The summed E-state index contributed by atoms with van der Waals surface area (Å²) >= 11 is 5.87. The molecule has 0 saturated carbocycles. The third-order valence-electron chi connectivity index (χ3n) is 3.09. The molecular formula is C12H18ClFOSi. The van der Waals surface area contributed by atoms with E-state index in [-0.39, 0.29) is 10.1 Å². The summed E-state index contributed by atoms with van der Waals surface area (Å²) in [7, 11) is -1.95. The normalized spacial score (nSPS) is 12.7. The van der Waals surface area contributed by atoms with Gasteiger partial charge in [-0.25, -0.2) is 4.39 Å². The van der Waals surface area contributed by atoms with Gasteiger partial charge in [0, 0.05) is 0 Å². The van der Waals surface area contributed by atoms with Gasteiger partial charge in [0.15, 0.2) is 0 Å². The van der Waals surface area contributed by atoms with Gasteiger partial charge >= 0.3 is 0 Å². The van der Waals surface area contributed by atoms with E-state index in [1.165, 1.54) is 6.07 Å². The van der Waals surface area contributed by atoms with E-state index in [4.69, 9.17) is 16.0 Å². The first-order valence-electron chi connectivity index (χ1n) is 5.28. The van der Waals surface area contributed by atoms with Gasteiger partial charge in [-0.15, -0.1) is 0 Å². The van der Waals surface area contributed by atoms with Crippen LogP contribution in [0.15, 0.2) is 18.2 Å². The van der Waals surface area contributed by atoms with Crippen molar-refractivity contribution in [3.8, 4) is 5.75 Å². The van der Waals surface area contributed by atoms with Crippen molar-refractivity contribution in [3.63, 3.8) is 0 Å². The minimum absolute atomic E-state index is 0.0721. The van der Waals surface area contributed by atoms with Crippen LogP contribution in [-0.4, -0.2) is 8.32 Å². The highest BCUT2D eigenvalue weighted by molar-refractivity contribution is 6.74. The van der Waals surface area contributed by atoms with E-state index in [1.807, 2.05) is 0 Å². The van der Waals surface area contributed by atoms with E-state index < -0.39 is 14.1 Å². The van der Waals surface area contributed by atoms with Crippen LogP contribution in [0, 0.1) is 5.82 Å². The maximum atomic E-state index is 13.3. The summed E-state index contributed by atoms with van der Waals surface area (Å²) in [6.45, 7) is 10.6. The first kappa shape index (κ1) is 13.5. The van der Waals surface area contributed by atoms with E-state index >= 15 is 0 Å². The molecule has 4 heteroatoms. The largest absolute Gasteiger partial charge is 0.542 e. The predicted molar refractivity (Wildman–Crippen MR) is 69.2 cm³/mol. The van der Waals surface area contributed by atoms with Gasteiger partial charge in [-0.3, -0.25) is 0 Å². The highest BCUT2D eigenvalue weighted by atomic mass is 35.5. The second-order valence-electron chi connectivity index (χ2n) is 5.41. The van der Waals surface area contributed by atoms with Crippen LogP contribution in [0.2, 0.25) is 23.2 Å². The molecule has 1 rings (SSSR count). The Kier molecular flexibility index (Phi) is 3.70. The summed E-state index contributed by atoms with van der Waals surface area (Å²) in [5, 5.41) is 0.148. The average molecular weight is 261 g/mol. The van der Waals surface area contributed by atoms with Crippen molar-refractivity contribution in [3.05, 3.63) is 29.0 Å². The molecule has 1 aromatic rings. The second-order valence-corrected chi connectivity index (χ2v) is 10.5. The van der Waals surface area contributed by atoms with Crippen molar-refractivity contribution >= 4 is 19.9 Å². The zero-order chi connectivity index (χ0) is 12.6. The Bertz CT molecular complexity index is 385. The van der Waals surface area contributed by atoms with Crippen LogP contribution in [0.3, 0.4) is 0 Å². The number of hydrogen-bond donors (Lipinski definition) is 0. The Hall–Kier alpha value is -0.543. The Morgan fingerprint density at radius 1 is 1.25 bits per heavy atom. The molecule has 90 valence electrons. The monoisotopic (exact) mass is 260 g/mol. The summed E-state index contributed by atoms with van der Waals surface area (Å²) in [5.74, 6) is 0.0196. The molecule has 0 amide bonds. The van der Waals surface area contributed by atoms with Crippen molar-refractivity contribution in [2.45, 2.75) is 38.9 Å². The SMILES string of the molecule is CC(C)(C)[Si](C)(C)Oc1cccc(F)c1Cl. The third-order valence-corrected chi connectivity index (χ3v) is 7.80. The van der Waals surface area contributed by atoms with E-state index in [0.717, 1.165) is 0 Å². The molecule has 1 nitrogen and oxygen atoms in total. The van der Waals surface area contributed by atoms with Crippen molar-refractivity contribution in [2.75, 3.05) is 0 Å². The molecule has 0 saturated heterocycles. The number of benzene rings is 1. The van der Waals surface area contributed by atoms with Crippen LogP contribution in [0.25, 0.3) is 0 Å². The lowest BCUT2D eigenvalue weighted by Gasteiger charge is -2.36. The van der Waals surface area contributed by atoms with Gasteiger partial charge in [0.05, 0.1) is 0 Å². The molecular weight excluding hydrogens is 243 g/mol. The molecule has 1 aromatic carbocycles. The van der Waals surface area contributed by atoms with Gasteiger partial charge in [0.2, 0.25) is 0 Å². The zero-order valence-corrected chi connectivity index (χ0v) is 12.2. The van der Waals surface area contributed by atoms with E-state index in [1.54, 1.807) is 12.1 Å². The van der Waals surface area contributed by atoms with Gasteiger partial charge in [0.1, 0.15) is 16.6 Å². The molecule has 0 atom stereocenters. The smallest absolute Gasteiger partial charge is 0.250 e. The fourth-order valence-electron chi connectivity index (χ4n) is 0.991. The van der Waals surface area contributed by atoms with Crippen molar-refractivity contribution in [1.29, 1.82) is 0 Å². The molecule has 0 aliphatic heterocycles. The minimum Gasteiger partial charge on any atom is -0.542 e. The maximum Gasteiger partial charge on any atom is 0.250 e. The quantitative estimate of drug-likeness (QED) is 0.690. The topological polar surface area (TPSA) is 9.23 Å². The molecule has 0 bridgehead atoms. The maximum absolute atomic E-state index is 13.3. The zero-order valence-electron chi connectivity index (χ0n) is 10.4. The molecule has 0 radical (unpaired) electrons. The van der Waals surface area contributed by atoms with E-state index in [2.05, 4.69) is 33.9 Å². The van der Waals surface area contributed by atoms with Gasteiger partial charge in [-0.1, -0.05) is 38.4 Å². The lowest BCUT2D eigenvalue weighted by Crippen LogP contribution is -2.43. The molecule has 0 aliphatic rings. The molecule has 0 heterocycles. The fourth-order valence-corrected chi connectivity index (χ4v) is 2.25. The van der Waals surface area contributed by atoms with Crippen molar-refractivity contribution < 1.29 is 8.82 Å². The van der Waals surface area contributed by atoms with Gasteiger partial charge < -0.3 is 4.43 Å². The fraction of sp³-hybridized carbons (Fsp3) is 0.500.